The summed E-state index contributed by atoms with van der Waals surface area (Å²) in [6.07, 6.45) is 3.17. The van der Waals surface area contributed by atoms with Gasteiger partial charge >= 0.3 is 0 Å². The van der Waals surface area contributed by atoms with Gasteiger partial charge in [-0.1, -0.05) is 24.3 Å². The van der Waals surface area contributed by atoms with Crippen molar-refractivity contribution in [2.24, 2.45) is 21.5 Å². The highest BCUT2D eigenvalue weighted by atomic mass is 32.2. The van der Waals surface area contributed by atoms with E-state index >= 15 is 4.39 Å². The van der Waals surface area contributed by atoms with Crippen LogP contribution in [0.2, 0.25) is 0 Å². The van der Waals surface area contributed by atoms with Crippen molar-refractivity contribution in [2.45, 2.75) is 61.1 Å². The maximum absolute atomic E-state index is 15.1. The third-order valence-corrected chi connectivity index (χ3v) is 18.5. The number of sulfone groups is 2. The zero-order valence-electron chi connectivity index (χ0n) is 38.1. The number of non-ortho nitro benzene ring substituents is 1. The number of pyridine rings is 2. The van der Waals surface area contributed by atoms with Crippen molar-refractivity contribution >= 4 is 54.3 Å². The highest BCUT2D eigenvalue weighted by Gasteiger charge is 2.62. The molecule has 17 nitrogen and oxygen atoms in total. The van der Waals surface area contributed by atoms with E-state index in [1.807, 2.05) is 13.8 Å². The number of nitrogens with zero attached hydrogens (tertiary/aromatic N) is 6. The maximum Gasteiger partial charge on any atom is 0.269 e. The number of nitrogens with one attached hydrogen (secondary N) is 1. The van der Waals surface area contributed by atoms with Crippen molar-refractivity contribution in [1.29, 1.82) is 0 Å². The molecule has 4 aliphatic rings. The molecule has 2 spiro atoms. The predicted molar refractivity (Wildman–Crippen MR) is 256 cm³/mol. The lowest BCUT2D eigenvalue weighted by Gasteiger charge is -2.53. The molecule has 69 heavy (non-hydrogen) atoms. The number of amidine groups is 2. The van der Waals surface area contributed by atoms with E-state index in [1.54, 1.807) is 60.6 Å². The number of hydrogen-bond acceptors (Lipinski definition) is 16. The van der Waals surface area contributed by atoms with Gasteiger partial charge in [0, 0.05) is 80.4 Å². The number of nitro benzene ring substituents is 1. The highest BCUT2D eigenvalue weighted by molar-refractivity contribution is 7.94. The summed E-state index contributed by atoms with van der Waals surface area (Å²) in [5, 5.41) is 13.9. The molecule has 2 saturated heterocycles. The number of halogens is 2. The summed E-state index contributed by atoms with van der Waals surface area (Å²) >= 11 is 0. The van der Waals surface area contributed by atoms with Crippen molar-refractivity contribution < 1.29 is 40.1 Å². The van der Waals surface area contributed by atoms with E-state index in [9.17, 15) is 40.9 Å². The smallest absolute Gasteiger partial charge is 0.269 e. The number of rotatable bonds is 10. The number of hydrogen-bond donors (Lipinski definition) is 3. The summed E-state index contributed by atoms with van der Waals surface area (Å²) in [5.74, 6) is -2.63. The van der Waals surface area contributed by atoms with E-state index in [0.717, 1.165) is 11.1 Å². The Hall–Kier alpha value is -6.84. The second-order valence-corrected chi connectivity index (χ2v) is 23.2. The predicted octanol–water partition coefficient (Wildman–Crippen LogP) is 4.42. The molecule has 3 aromatic carbocycles. The third-order valence-electron chi connectivity index (χ3n) is 13.3. The second-order valence-electron chi connectivity index (χ2n) is 18.6. The monoisotopic (exact) mass is 981 g/mol. The third kappa shape index (κ3) is 8.89. The quantitative estimate of drug-likeness (QED) is 0.0995. The van der Waals surface area contributed by atoms with Crippen molar-refractivity contribution in [3.8, 4) is 0 Å². The van der Waals surface area contributed by atoms with Crippen LogP contribution in [-0.4, -0.2) is 102 Å². The number of aromatic nitrogens is 2. The van der Waals surface area contributed by atoms with E-state index in [4.69, 9.17) is 11.5 Å². The minimum Gasteiger partial charge on any atom is -0.386 e. The maximum atomic E-state index is 15.1. The Morgan fingerprint density at radius 3 is 1.49 bits per heavy atom. The van der Waals surface area contributed by atoms with E-state index in [1.165, 1.54) is 55.5 Å². The molecule has 21 heteroatoms. The lowest BCUT2D eigenvalue weighted by molar-refractivity contribution is -0.384. The molecule has 0 radical (unpaired) electrons. The Morgan fingerprint density at radius 1 is 0.696 bits per heavy atom. The Bertz CT molecular complexity index is 3200. The summed E-state index contributed by atoms with van der Waals surface area (Å²) in [4.78, 5) is 54.7. The lowest BCUT2D eigenvalue weighted by Crippen LogP contribution is -2.74. The van der Waals surface area contributed by atoms with Crippen molar-refractivity contribution in [3.05, 3.63) is 164 Å². The lowest BCUT2D eigenvalue weighted by atomic mass is 9.89. The van der Waals surface area contributed by atoms with E-state index < -0.39 is 62.6 Å². The topological polar surface area (TPSA) is 263 Å². The first-order chi connectivity index (χ1) is 32.4. The molecule has 2 atom stereocenters. The van der Waals surface area contributed by atoms with Crippen molar-refractivity contribution in [2.75, 3.05) is 42.6 Å². The van der Waals surface area contributed by atoms with Crippen LogP contribution in [0.4, 0.5) is 20.2 Å². The number of anilines is 1. The summed E-state index contributed by atoms with van der Waals surface area (Å²) < 4.78 is 80.4. The van der Waals surface area contributed by atoms with Gasteiger partial charge in [-0.15, -0.1) is 0 Å². The number of benzene rings is 3. The van der Waals surface area contributed by atoms with Gasteiger partial charge in [0.2, 0.25) is 0 Å². The fourth-order valence-corrected chi connectivity index (χ4v) is 13.6. The number of nitrogens with two attached hydrogens (primary N) is 2. The molecule has 0 amide bonds. The fourth-order valence-electron chi connectivity index (χ4n) is 9.07. The van der Waals surface area contributed by atoms with Gasteiger partial charge in [-0.2, -0.15) is 0 Å². The van der Waals surface area contributed by atoms with Gasteiger partial charge in [0.25, 0.3) is 5.69 Å². The fraction of sp³-hybridized carbons (Fsp3) is 0.333. The summed E-state index contributed by atoms with van der Waals surface area (Å²) in [5.41, 5.74) is 13.7. The van der Waals surface area contributed by atoms with Crippen molar-refractivity contribution in [1.82, 2.24) is 15.3 Å². The van der Waals surface area contributed by atoms with E-state index in [2.05, 4.69) is 25.3 Å². The zero-order chi connectivity index (χ0) is 49.9. The first-order valence-electron chi connectivity index (χ1n) is 21.8. The number of aliphatic imine (C=N–C) groups is 2. The minimum absolute atomic E-state index is 0.000246. The zero-order valence-corrected chi connectivity index (χ0v) is 39.7. The molecule has 0 unspecified atom stereocenters. The second kappa shape index (κ2) is 17.6. The van der Waals surface area contributed by atoms with E-state index in [0.29, 0.717) is 22.5 Å². The molecule has 0 saturated carbocycles. The molecule has 5 aromatic rings. The van der Waals surface area contributed by atoms with Crippen LogP contribution in [0.25, 0.3) is 0 Å². The van der Waals surface area contributed by atoms with Crippen LogP contribution < -0.4 is 21.7 Å². The first kappa shape index (κ1) is 48.6. The number of nitro groups is 1. The van der Waals surface area contributed by atoms with Crippen LogP contribution in [0.5, 0.6) is 0 Å². The number of ketones is 2. The van der Waals surface area contributed by atoms with Gasteiger partial charge in [-0.3, -0.25) is 39.7 Å². The van der Waals surface area contributed by atoms with Gasteiger partial charge in [-0.05, 0) is 98.5 Å². The molecule has 2 fully saturated rings. The standard InChI is InChI=1S/C27H26FN5O5S.C21H23FN4O3S/c1-17-3-10-23(30-13-17)24(34)12-18-4-9-22(28)21(11-18)26(2)16-39(37,38)27(25(29)31-26)14-32(15-27)19-5-7-20(8-6-19)33(35)36;1-13-3-6-17(25-9-13)18(27)8-14-4-5-16(22)15(7-14)20(2)12-30(28,29)21(10-24-11-21)19(23)26-20/h3-11,13H,12,14-16H2,1-2H3,(H2,29,31);3-7,9,24H,8,10-12H2,1-2H3,(H2,23,26)/t26-;20-/m00/s1. The van der Waals surface area contributed by atoms with Crippen LogP contribution in [0.15, 0.2) is 107 Å². The van der Waals surface area contributed by atoms with Crippen LogP contribution >= 0.6 is 0 Å². The summed E-state index contributed by atoms with van der Waals surface area (Å²) in [6.45, 7) is 7.29. The van der Waals surface area contributed by atoms with Gasteiger partial charge in [0.1, 0.15) is 45.8 Å². The average Bonchev–Trinajstić information content (AvgIpc) is 3.23. The first-order valence-corrected chi connectivity index (χ1v) is 25.1. The van der Waals surface area contributed by atoms with Crippen molar-refractivity contribution in [3.63, 3.8) is 0 Å². The summed E-state index contributed by atoms with van der Waals surface area (Å²) in [6, 6.07) is 21.0. The highest BCUT2D eigenvalue weighted by Crippen LogP contribution is 2.44. The molecule has 0 aliphatic carbocycles. The number of Topliss-reactive ketones (excluding diaryl/α,β-unsaturated/α-hetero) is 2. The number of aryl methyl sites for hydroxylation is 2. The van der Waals surface area contributed by atoms with E-state index in [-0.39, 0.29) is 90.5 Å². The molecule has 0 bridgehead atoms. The van der Waals surface area contributed by atoms with Gasteiger partial charge in [0.05, 0.1) is 16.4 Å². The van der Waals surface area contributed by atoms with Crippen LogP contribution in [-0.2, 0) is 43.6 Å². The molecule has 2 aromatic heterocycles. The Balaban J connectivity index is 0.000000192. The van der Waals surface area contributed by atoms with Crippen LogP contribution in [0.1, 0.15) is 68.2 Å². The van der Waals surface area contributed by atoms with Gasteiger partial charge < -0.3 is 21.7 Å². The largest absolute Gasteiger partial charge is 0.386 e. The van der Waals surface area contributed by atoms with Gasteiger partial charge in [0.15, 0.2) is 40.7 Å². The SMILES string of the molecule is Cc1ccc(C(=O)Cc2ccc(F)c([C@]3(C)CS(=O)(=O)C4(CN(c5ccc([N+](=O)[O-])cc5)C4)C(N)=N3)c2)nc1.Cc1ccc(C(=O)Cc2ccc(F)c([C@]3(C)CS(=O)(=O)C4(CNC4)C(N)=N3)c2)nc1. The molecule has 360 valence electrons. The summed E-state index contributed by atoms with van der Waals surface area (Å²) in [7, 11) is -7.56. The molecule has 9 rings (SSSR count). The normalized spacial score (nSPS) is 22.5. The van der Waals surface area contributed by atoms with Gasteiger partial charge in [-0.25, -0.2) is 25.6 Å². The van der Waals surface area contributed by atoms with Crippen LogP contribution in [0, 0.1) is 35.6 Å². The Morgan fingerprint density at radius 2 is 1.13 bits per heavy atom. The average molecular weight is 982 g/mol. The molecular weight excluding hydrogens is 933 g/mol. The van der Waals surface area contributed by atoms with Crippen LogP contribution in [0.3, 0.4) is 0 Å². The Labute approximate surface area is 397 Å². The number of carbonyl (C=O) groups is 2. The Kier molecular flexibility index (Phi) is 12.4. The minimum atomic E-state index is -3.90. The molecule has 5 N–H and O–H groups in total. The molecular formula is C48H49F2N9O8S2. The molecule has 6 heterocycles. The number of carbonyl (C=O) groups excluding carboxylic acids is 2. The molecule has 4 aliphatic heterocycles.